The summed E-state index contributed by atoms with van der Waals surface area (Å²) in [7, 11) is 0. The smallest absolute Gasteiger partial charge is 0.336 e. The second-order valence-corrected chi connectivity index (χ2v) is 3.94. The number of hydrogen-bond acceptors (Lipinski definition) is 4. The molecule has 0 radical (unpaired) electrons. The lowest BCUT2D eigenvalue weighted by Crippen LogP contribution is -2.00. The zero-order valence-electron chi connectivity index (χ0n) is 10.5. The highest BCUT2D eigenvalue weighted by atomic mass is 16.4. The van der Waals surface area contributed by atoms with Crippen LogP contribution in [0.1, 0.15) is 21.5 Å². The van der Waals surface area contributed by atoms with E-state index in [2.05, 4.69) is 10.2 Å². The molecule has 0 saturated carbocycles. The molecule has 2 rings (SSSR count). The maximum absolute atomic E-state index is 11.0. The second-order valence-electron chi connectivity index (χ2n) is 3.94. The number of nitrogens with zero attached hydrogens (tertiary/aromatic N) is 2. The van der Waals surface area contributed by atoms with Gasteiger partial charge in [-0.15, -0.1) is 0 Å². The number of para-hydroxylation sites is 1. The molecule has 0 atom stereocenters. The molecule has 5 nitrogen and oxygen atoms in total. The highest BCUT2D eigenvalue weighted by molar-refractivity contribution is 5.98. The number of benzene rings is 2. The maximum atomic E-state index is 11.0. The largest absolute Gasteiger partial charge is 0.507 e. The van der Waals surface area contributed by atoms with Crippen LogP contribution in [-0.2, 0) is 0 Å². The summed E-state index contributed by atoms with van der Waals surface area (Å²) >= 11 is 0. The molecular weight excluding hydrogens is 256 g/mol. The molecule has 0 bridgehead atoms. The molecule has 5 heteroatoms. The quantitative estimate of drug-likeness (QED) is 0.660. The van der Waals surface area contributed by atoms with Gasteiger partial charge in [-0.2, -0.15) is 10.2 Å². The molecule has 0 aromatic heterocycles. The second kappa shape index (κ2) is 6.29. The molecule has 0 fully saturated rings. The minimum atomic E-state index is -1.02. The standard InChI is InChI=1S/C15H12N2O3/c18-14-8-4-2-6-12(14)10-17-16-9-11-5-1-3-7-13(11)15(19)20/h1-10,18H,(H,19,20)/b16-9?,17-10+. The predicted molar refractivity (Wildman–Crippen MR) is 76.7 cm³/mol. The van der Waals surface area contributed by atoms with Crippen molar-refractivity contribution in [1.29, 1.82) is 0 Å². The van der Waals surface area contributed by atoms with E-state index in [0.717, 1.165) is 0 Å². The molecular formula is C15H12N2O3. The molecule has 0 heterocycles. The monoisotopic (exact) mass is 268 g/mol. The Morgan fingerprint density at radius 1 is 0.900 bits per heavy atom. The number of phenols is 1. The molecule has 0 unspecified atom stereocenters. The SMILES string of the molecule is O=C(O)c1ccccc1C=N/N=C/c1ccccc1O. The molecule has 2 N–H and O–H groups in total. The fourth-order valence-electron chi connectivity index (χ4n) is 1.59. The van der Waals surface area contributed by atoms with E-state index in [1.165, 1.54) is 18.5 Å². The Bertz CT molecular complexity index is 678. The normalized spacial score (nSPS) is 11.2. The van der Waals surface area contributed by atoms with Gasteiger partial charge < -0.3 is 10.2 Å². The molecule has 0 amide bonds. The van der Waals surface area contributed by atoms with E-state index in [4.69, 9.17) is 5.11 Å². The summed E-state index contributed by atoms with van der Waals surface area (Å²) in [5.41, 5.74) is 1.17. The minimum Gasteiger partial charge on any atom is -0.507 e. The summed E-state index contributed by atoms with van der Waals surface area (Å²) in [6, 6.07) is 13.2. The van der Waals surface area contributed by atoms with E-state index in [1.807, 2.05) is 0 Å². The summed E-state index contributed by atoms with van der Waals surface area (Å²) in [5, 5.41) is 26.1. The van der Waals surface area contributed by atoms with E-state index in [1.54, 1.807) is 42.5 Å². The van der Waals surface area contributed by atoms with Gasteiger partial charge in [-0.25, -0.2) is 4.79 Å². The summed E-state index contributed by atoms with van der Waals surface area (Å²) in [6.07, 6.45) is 2.76. The Morgan fingerprint density at radius 2 is 1.45 bits per heavy atom. The van der Waals surface area contributed by atoms with Crippen molar-refractivity contribution in [2.24, 2.45) is 10.2 Å². The van der Waals surface area contributed by atoms with Crippen LogP contribution in [0.25, 0.3) is 0 Å². The highest BCUT2D eigenvalue weighted by Crippen LogP contribution is 2.12. The van der Waals surface area contributed by atoms with Crippen LogP contribution in [0.5, 0.6) is 5.75 Å². The molecule has 0 aliphatic carbocycles. The average molecular weight is 268 g/mol. The van der Waals surface area contributed by atoms with Gasteiger partial charge in [0.05, 0.1) is 18.0 Å². The van der Waals surface area contributed by atoms with Crippen molar-refractivity contribution < 1.29 is 15.0 Å². The third-order valence-electron chi connectivity index (χ3n) is 2.59. The van der Waals surface area contributed by atoms with Crippen molar-refractivity contribution in [3.8, 4) is 5.75 Å². The van der Waals surface area contributed by atoms with Crippen molar-refractivity contribution in [2.75, 3.05) is 0 Å². The molecule has 2 aromatic carbocycles. The van der Waals surface area contributed by atoms with Gasteiger partial charge in [0, 0.05) is 11.1 Å². The van der Waals surface area contributed by atoms with E-state index in [9.17, 15) is 9.90 Å². The van der Waals surface area contributed by atoms with Gasteiger partial charge >= 0.3 is 5.97 Å². The van der Waals surface area contributed by atoms with Gasteiger partial charge in [0.15, 0.2) is 0 Å². The van der Waals surface area contributed by atoms with Gasteiger partial charge in [0.25, 0.3) is 0 Å². The molecule has 0 saturated heterocycles. The Balaban J connectivity index is 2.15. The van der Waals surface area contributed by atoms with Crippen LogP contribution >= 0.6 is 0 Å². The molecule has 0 aliphatic rings. The lowest BCUT2D eigenvalue weighted by Gasteiger charge is -1.98. The van der Waals surface area contributed by atoms with Crippen LogP contribution in [0, 0.1) is 0 Å². The molecule has 20 heavy (non-hydrogen) atoms. The first kappa shape index (κ1) is 13.5. The van der Waals surface area contributed by atoms with Gasteiger partial charge in [0.2, 0.25) is 0 Å². The third kappa shape index (κ3) is 3.29. The van der Waals surface area contributed by atoms with Gasteiger partial charge in [-0.05, 0) is 18.2 Å². The maximum Gasteiger partial charge on any atom is 0.336 e. The van der Waals surface area contributed by atoms with Gasteiger partial charge in [0.1, 0.15) is 5.75 Å². The Morgan fingerprint density at radius 3 is 2.10 bits per heavy atom. The van der Waals surface area contributed by atoms with Crippen molar-refractivity contribution in [3.05, 3.63) is 65.2 Å². The lowest BCUT2D eigenvalue weighted by atomic mass is 10.1. The van der Waals surface area contributed by atoms with E-state index >= 15 is 0 Å². The number of carboxylic acid groups (broad SMARTS) is 1. The number of phenolic OH excluding ortho intramolecular Hbond substituents is 1. The van der Waals surface area contributed by atoms with Crippen LogP contribution < -0.4 is 0 Å². The minimum absolute atomic E-state index is 0.109. The van der Waals surface area contributed by atoms with E-state index in [0.29, 0.717) is 11.1 Å². The van der Waals surface area contributed by atoms with E-state index in [-0.39, 0.29) is 11.3 Å². The summed E-state index contributed by atoms with van der Waals surface area (Å²) < 4.78 is 0. The van der Waals surface area contributed by atoms with Crippen LogP contribution in [0.3, 0.4) is 0 Å². The predicted octanol–water partition coefficient (Wildman–Crippen LogP) is 2.54. The fourth-order valence-corrected chi connectivity index (χ4v) is 1.59. The molecule has 0 spiro atoms. The summed E-state index contributed by atoms with van der Waals surface area (Å²) in [6.45, 7) is 0. The topological polar surface area (TPSA) is 82.2 Å². The number of hydrogen-bond donors (Lipinski definition) is 2. The Labute approximate surface area is 115 Å². The van der Waals surface area contributed by atoms with Crippen LogP contribution in [0.2, 0.25) is 0 Å². The lowest BCUT2D eigenvalue weighted by molar-refractivity contribution is 0.0697. The number of carbonyl (C=O) groups is 1. The third-order valence-corrected chi connectivity index (χ3v) is 2.59. The summed E-state index contributed by atoms with van der Waals surface area (Å²) in [4.78, 5) is 11.0. The molecule has 0 aliphatic heterocycles. The average Bonchev–Trinajstić information content (AvgIpc) is 2.45. The molecule has 2 aromatic rings. The number of aromatic hydroxyl groups is 1. The molecule has 100 valence electrons. The van der Waals surface area contributed by atoms with Crippen LogP contribution in [0.4, 0.5) is 0 Å². The van der Waals surface area contributed by atoms with Crippen LogP contribution in [-0.4, -0.2) is 28.6 Å². The van der Waals surface area contributed by atoms with Crippen LogP contribution in [0.15, 0.2) is 58.7 Å². The van der Waals surface area contributed by atoms with Crippen molar-refractivity contribution in [2.45, 2.75) is 0 Å². The van der Waals surface area contributed by atoms with Crippen molar-refractivity contribution in [1.82, 2.24) is 0 Å². The Hall–Kier alpha value is -2.95. The first-order valence-corrected chi connectivity index (χ1v) is 5.85. The van der Waals surface area contributed by atoms with Crippen molar-refractivity contribution in [3.63, 3.8) is 0 Å². The van der Waals surface area contributed by atoms with Gasteiger partial charge in [-0.1, -0.05) is 30.3 Å². The number of rotatable bonds is 4. The van der Waals surface area contributed by atoms with Gasteiger partial charge in [-0.3, -0.25) is 0 Å². The summed E-state index contributed by atoms with van der Waals surface area (Å²) in [5.74, 6) is -0.908. The number of aromatic carboxylic acids is 1. The zero-order chi connectivity index (χ0) is 14.4. The van der Waals surface area contributed by atoms with E-state index < -0.39 is 5.97 Å². The first-order chi connectivity index (χ1) is 9.68. The first-order valence-electron chi connectivity index (χ1n) is 5.85. The zero-order valence-corrected chi connectivity index (χ0v) is 10.5. The Kier molecular flexibility index (Phi) is 4.24. The number of carboxylic acids is 1. The highest BCUT2D eigenvalue weighted by Gasteiger charge is 2.06. The fraction of sp³-hybridized carbons (Fsp3) is 0. The van der Waals surface area contributed by atoms with Crippen molar-refractivity contribution >= 4 is 18.4 Å².